The monoisotopic (exact) mass is 382 g/mol. The first-order chi connectivity index (χ1) is 9.02. The van der Waals surface area contributed by atoms with Crippen LogP contribution in [0.5, 0.6) is 0 Å². The zero-order valence-corrected chi connectivity index (χ0v) is 13.8. The van der Waals surface area contributed by atoms with Gasteiger partial charge in [0.15, 0.2) is 5.11 Å². The van der Waals surface area contributed by atoms with Crippen molar-refractivity contribution in [2.45, 2.75) is 13.8 Å². The van der Waals surface area contributed by atoms with E-state index in [4.69, 9.17) is 12.2 Å². The number of anilines is 2. The molecule has 0 amide bonds. The molecule has 0 spiro atoms. The number of benzene rings is 2. The van der Waals surface area contributed by atoms with E-state index >= 15 is 0 Å². The van der Waals surface area contributed by atoms with Gasteiger partial charge in [0.1, 0.15) is 0 Å². The van der Waals surface area contributed by atoms with Crippen LogP contribution in [0.3, 0.4) is 0 Å². The predicted octanol–water partition coefficient (Wildman–Crippen LogP) is 4.72. The lowest BCUT2D eigenvalue weighted by molar-refractivity contribution is 1.38. The van der Waals surface area contributed by atoms with Crippen molar-refractivity contribution in [3.8, 4) is 0 Å². The Morgan fingerprint density at radius 1 is 0.895 bits per heavy atom. The Morgan fingerprint density at radius 3 is 2.00 bits per heavy atom. The molecule has 2 rings (SSSR count). The number of thiocarbonyl (C=S) groups is 1. The summed E-state index contributed by atoms with van der Waals surface area (Å²) < 4.78 is 1.20. The van der Waals surface area contributed by atoms with Gasteiger partial charge in [-0.05, 0) is 96.2 Å². The van der Waals surface area contributed by atoms with Crippen LogP contribution in [-0.4, -0.2) is 5.11 Å². The van der Waals surface area contributed by atoms with Crippen LogP contribution in [-0.2, 0) is 0 Å². The third-order valence-electron chi connectivity index (χ3n) is 2.58. The number of aryl methyl sites for hydroxylation is 2. The topological polar surface area (TPSA) is 24.1 Å². The summed E-state index contributed by atoms with van der Waals surface area (Å²) in [6.45, 7) is 4.15. The molecule has 0 fully saturated rings. The Bertz CT molecular complexity index is 573. The average Bonchev–Trinajstić information content (AvgIpc) is 2.30. The molecule has 2 N–H and O–H groups in total. The van der Waals surface area contributed by atoms with Gasteiger partial charge in [0.25, 0.3) is 0 Å². The van der Waals surface area contributed by atoms with E-state index in [1.54, 1.807) is 0 Å². The molecule has 0 saturated heterocycles. The smallest absolute Gasteiger partial charge is 0.175 e. The number of hydrogen-bond donors (Lipinski definition) is 2. The first-order valence-corrected chi connectivity index (χ1v) is 7.43. The highest BCUT2D eigenvalue weighted by Crippen LogP contribution is 2.15. The lowest BCUT2D eigenvalue weighted by Gasteiger charge is -2.12. The molecule has 0 saturated carbocycles. The summed E-state index contributed by atoms with van der Waals surface area (Å²) in [5.74, 6) is 0. The van der Waals surface area contributed by atoms with Gasteiger partial charge < -0.3 is 10.6 Å². The molecule has 2 aromatic rings. The van der Waals surface area contributed by atoms with E-state index in [9.17, 15) is 0 Å². The number of hydrogen-bond acceptors (Lipinski definition) is 1. The Morgan fingerprint density at radius 2 is 1.42 bits per heavy atom. The van der Waals surface area contributed by atoms with Gasteiger partial charge in [0, 0.05) is 14.9 Å². The number of rotatable bonds is 2. The van der Waals surface area contributed by atoms with Gasteiger partial charge in [0.05, 0.1) is 0 Å². The molecule has 0 aliphatic heterocycles. The van der Waals surface area contributed by atoms with E-state index in [2.05, 4.69) is 65.3 Å². The van der Waals surface area contributed by atoms with Crippen LogP contribution in [0.4, 0.5) is 11.4 Å². The summed E-state index contributed by atoms with van der Waals surface area (Å²) in [7, 11) is 0. The van der Waals surface area contributed by atoms with Crippen LogP contribution in [0.2, 0.25) is 0 Å². The van der Waals surface area contributed by atoms with Gasteiger partial charge in [-0.25, -0.2) is 0 Å². The quantitative estimate of drug-likeness (QED) is 0.581. The third-order valence-corrected chi connectivity index (χ3v) is 3.50. The second kappa shape index (κ2) is 6.34. The number of halogens is 1. The highest BCUT2D eigenvalue weighted by molar-refractivity contribution is 14.1. The van der Waals surface area contributed by atoms with Gasteiger partial charge >= 0.3 is 0 Å². The maximum absolute atomic E-state index is 5.31. The normalized spacial score (nSPS) is 10.1. The molecule has 0 bridgehead atoms. The van der Waals surface area contributed by atoms with Crippen LogP contribution < -0.4 is 10.6 Å². The molecule has 0 aromatic heterocycles. The summed E-state index contributed by atoms with van der Waals surface area (Å²) in [4.78, 5) is 0. The van der Waals surface area contributed by atoms with E-state index in [1.807, 2.05) is 24.3 Å². The average molecular weight is 382 g/mol. The fraction of sp³-hybridized carbons (Fsp3) is 0.133. The van der Waals surface area contributed by atoms with E-state index in [0.29, 0.717) is 5.11 Å². The molecule has 2 nitrogen and oxygen atoms in total. The van der Waals surface area contributed by atoms with Gasteiger partial charge in [0.2, 0.25) is 0 Å². The maximum atomic E-state index is 5.31. The summed E-state index contributed by atoms with van der Waals surface area (Å²) in [5, 5.41) is 6.98. The summed E-state index contributed by atoms with van der Waals surface area (Å²) in [6, 6.07) is 14.4. The molecule has 0 unspecified atom stereocenters. The van der Waals surface area contributed by atoms with Crippen molar-refractivity contribution in [2.24, 2.45) is 0 Å². The minimum Gasteiger partial charge on any atom is -0.332 e. The molecule has 0 atom stereocenters. The van der Waals surface area contributed by atoms with Crippen molar-refractivity contribution in [1.29, 1.82) is 0 Å². The Balaban J connectivity index is 2.03. The Kier molecular flexibility index (Phi) is 4.76. The summed E-state index contributed by atoms with van der Waals surface area (Å²) in [5.41, 5.74) is 4.45. The predicted molar refractivity (Wildman–Crippen MR) is 94.9 cm³/mol. The lowest BCUT2D eigenvalue weighted by Crippen LogP contribution is -2.19. The minimum atomic E-state index is 0.603. The largest absolute Gasteiger partial charge is 0.332 e. The second-order valence-corrected chi connectivity index (χ2v) is 6.12. The molecule has 19 heavy (non-hydrogen) atoms. The number of nitrogens with one attached hydrogen (secondary N) is 2. The fourth-order valence-electron chi connectivity index (χ4n) is 1.87. The highest BCUT2D eigenvalue weighted by atomic mass is 127. The molecule has 0 aliphatic carbocycles. The van der Waals surface area contributed by atoms with Gasteiger partial charge in [-0.2, -0.15) is 0 Å². The van der Waals surface area contributed by atoms with Crippen LogP contribution in [0.25, 0.3) is 0 Å². The van der Waals surface area contributed by atoms with Crippen LogP contribution in [0.15, 0.2) is 42.5 Å². The zero-order valence-electron chi connectivity index (χ0n) is 10.8. The molecule has 4 heteroatoms. The van der Waals surface area contributed by atoms with Crippen molar-refractivity contribution in [2.75, 3.05) is 10.6 Å². The fourth-order valence-corrected chi connectivity index (χ4v) is 2.47. The lowest BCUT2D eigenvalue weighted by atomic mass is 10.1. The van der Waals surface area contributed by atoms with E-state index in [1.165, 1.54) is 14.7 Å². The van der Waals surface area contributed by atoms with Crippen LogP contribution >= 0.6 is 34.8 Å². The highest BCUT2D eigenvalue weighted by Gasteiger charge is 2.00. The Hall–Kier alpha value is -1.14. The molecule has 0 aliphatic rings. The van der Waals surface area contributed by atoms with Crippen molar-refractivity contribution >= 4 is 51.3 Å². The van der Waals surface area contributed by atoms with Gasteiger partial charge in [-0.15, -0.1) is 0 Å². The molecular weight excluding hydrogens is 367 g/mol. The van der Waals surface area contributed by atoms with Crippen LogP contribution in [0, 0.1) is 17.4 Å². The van der Waals surface area contributed by atoms with Gasteiger partial charge in [-0.1, -0.05) is 6.07 Å². The van der Waals surface area contributed by atoms with E-state index in [0.717, 1.165) is 11.4 Å². The van der Waals surface area contributed by atoms with Gasteiger partial charge in [-0.3, -0.25) is 0 Å². The van der Waals surface area contributed by atoms with Crippen molar-refractivity contribution in [1.82, 2.24) is 0 Å². The van der Waals surface area contributed by atoms with E-state index < -0.39 is 0 Å². The summed E-state index contributed by atoms with van der Waals surface area (Å²) in [6.07, 6.45) is 0. The van der Waals surface area contributed by atoms with Crippen LogP contribution in [0.1, 0.15) is 11.1 Å². The minimum absolute atomic E-state index is 0.603. The Labute approximate surface area is 132 Å². The van der Waals surface area contributed by atoms with Crippen molar-refractivity contribution < 1.29 is 0 Å². The standard InChI is InChI=1S/C15H15IN2S/c1-10-7-11(2)9-14(8-10)18-15(19)17-13-5-3-12(16)4-6-13/h3-9H,1-2H3,(H2,17,18,19). The van der Waals surface area contributed by atoms with E-state index in [-0.39, 0.29) is 0 Å². The molecule has 98 valence electrons. The maximum Gasteiger partial charge on any atom is 0.175 e. The molecule has 2 aromatic carbocycles. The molecular formula is C15H15IN2S. The zero-order chi connectivity index (χ0) is 13.8. The summed E-state index contributed by atoms with van der Waals surface area (Å²) >= 11 is 7.59. The second-order valence-electron chi connectivity index (χ2n) is 4.46. The molecule has 0 radical (unpaired) electrons. The SMILES string of the molecule is Cc1cc(C)cc(NC(=S)Nc2ccc(I)cc2)c1. The van der Waals surface area contributed by atoms with Crippen molar-refractivity contribution in [3.63, 3.8) is 0 Å². The third kappa shape index (κ3) is 4.47. The first kappa shape index (κ1) is 14.3. The van der Waals surface area contributed by atoms with Crippen molar-refractivity contribution in [3.05, 3.63) is 57.2 Å². The first-order valence-electron chi connectivity index (χ1n) is 5.95. The molecule has 0 heterocycles.